The molecule has 269 valence electrons. The van der Waals surface area contributed by atoms with E-state index in [9.17, 15) is 4.79 Å². The van der Waals surface area contributed by atoms with Crippen molar-refractivity contribution in [3.63, 3.8) is 0 Å². The Balaban J connectivity index is 0.000000141. The van der Waals surface area contributed by atoms with Crippen LogP contribution in [0.4, 0.5) is 0 Å². The van der Waals surface area contributed by atoms with Crippen LogP contribution >= 0.6 is 0 Å². The topological polar surface area (TPSA) is 229 Å². The summed E-state index contributed by atoms with van der Waals surface area (Å²) in [5.74, 6) is 1.25. The standard InChI is InChI=1S/C16H16N8O.C16H14N8O.Mn.2O/c2*25-8-14-7-24(21-20-14)6-13-5-22-4-12(11-1-2-11)3-15(16(22)19-13)23-9-17-18-10-23;;;/h3-5,7,9-11,25H,1-2,6,8H2;3-5,7-11H,1-2,6H2;;;. The number of carbonyl (C=O) groups is 1. The molecule has 0 aromatic carbocycles. The van der Waals surface area contributed by atoms with Crippen LogP contribution in [-0.2, 0) is 42.2 Å². The SMILES string of the molecule is O=Cc1cn(Cc2cn3cc(C4CC4)cc(-n4cnnc4)c3n2)nn1.OCc1cn(Cc2cn3cc(C4CC4)cc(-n4cnnc4)c3n2)nn1.[O]=[Mn]=[O]. The van der Waals surface area contributed by atoms with Crippen molar-refractivity contribution in [1.82, 2.24) is 78.3 Å². The summed E-state index contributed by atoms with van der Waals surface area (Å²) in [7, 11) is 0. The fourth-order valence-electron chi connectivity index (χ4n) is 6.03. The number of rotatable bonds is 10. The van der Waals surface area contributed by atoms with Crippen molar-refractivity contribution < 1.29 is 32.4 Å². The van der Waals surface area contributed by atoms with Crippen molar-refractivity contribution in [2.45, 2.75) is 57.2 Å². The van der Waals surface area contributed by atoms with Crippen LogP contribution in [0.3, 0.4) is 0 Å². The van der Waals surface area contributed by atoms with Crippen molar-refractivity contribution in [3.8, 4) is 11.4 Å². The monoisotopic (exact) mass is 757 g/mol. The molecule has 0 bridgehead atoms. The maximum absolute atomic E-state index is 10.7. The van der Waals surface area contributed by atoms with Gasteiger partial charge in [-0.25, -0.2) is 19.3 Å². The van der Waals surface area contributed by atoms with Gasteiger partial charge < -0.3 is 13.9 Å². The third-order valence-electron chi connectivity index (χ3n) is 8.77. The van der Waals surface area contributed by atoms with E-state index in [0.717, 1.165) is 34.1 Å². The van der Waals surface area contributed by atoms with E-state index in [0.29, 0.717) is 42.6 Å². The van der Waals surface area contributed by atoms with Gasteiger partial charge in [0, 0.05) is 24.8 Å². The molecule has 2 fully saturated rings. The predicted octanol–water partition coefficient (Wildman–Crippen LogP) is 1.93. The van der Waals surface area contributed by atoms with Crippen LogP contribution in [0.1, 0.15) is 76.2 Å². The van der Waals surface area contributed by atoms with Crippen LogP contribution in [-0.4, -0.2) is 89.7 Å². The minimum atomic E-state index is -1.44. The first-order valence-corrected chi connectivity index (χ1v) is 17.5. The van der Waals surface area contributed by atoms with Crippen molar-refractivity contribution in [1.29, 1.82) is 0 Å². The van der Waals surface area contributed by atoms with E-state index in [2.05, 4.69) is 69.9 Å². The zero-order valence-corrected chi connectivity index (χ0v) is 29.0. The average molecular weight is 758 g/mol. The Morgan fingerprint density at radius 1 is 0.660 bits per heavy atom. The van der Waals surface area contributed by atoms with Crippen LogP contribution in [0.25, 0.3) is 22.7 Å². The molecular weight excluding hydrogens is 727 g/mol. The van der Waals surface area contributed by atoms with Gasteiger partial charge in [0.2, 0.25) is 0 Å². The molecule has 1 N–H and O–H groups in total. The molecule has 53 heavy (non-hydrogen) atoms. The summed E-state index contributed by atoms with van der Waals surface area (Å²) >= 11 is -1.44. The maximum atomic E-state index is 10.7. The van der Waals surface area contributed by atoms with Gasteiger partial charge in [0.25, 0.3) is 0 Å². The molecule has 8 aromatic heterocycles. The Morgan fingerprint density at radius 3 is 1.55 bits per heavy atom. The molecule has 2 aliphatic carbocycles. The number of pyridine rings is 2. The van der Waals surface area contributed by atoms with Gasteiger partial charge in [0.1, 0.15) is 36.7 Å². The van der Waals surface area contributed by atoms with Gasteiger partial charge in [-0.15, -0.1) is 30.6 Å². The minimum absolute atomic E-state index is 0.117. The van der Waals surface area contributed by atoms with Crippen LogP contribution < -0.4 is 0 Å². The molecule has 0 atom stereocenters. The predicted molar refractivity (Wildman–Crippen MR) is 175 cm³/mol. The first kappa shape index (κ1) is 33.8. The summed E-state index contributed by atoms with van der Waals surface area (Å²) in [6.45, 7) is 0.825. The number of aromatic nitrogens is 16. The first-order chi connectivity index (χ1) is 26.0. The summed E-state index contributed by atoms with van der Waals surface area (Å²) < 4.78 is 27.9. The second-order valence-electron chi connectivity index (χ2n) is 12.6. The van der Waals surface area contributed by atoms with E-state index in [-0.39, 0.29) is 6.61 Å². The molecule has 8 heterocycles. The van der Waals surface area contributed by atoms with E-state index < -0.39 is 14.8 Å². The Labute approximate surface area is 304 Å². The van der Waals surface area contributed by atoms with Crippen LogP contribution in [0.15, 0.2) is 74.6 Å². The van der Waals surface area contributed by atoms with E-state index in [1.807, 2.05) is 25.9 Å². The van der Waals surface area contributed by atoms with Gasteiger partial charge in [-0.05, 0) is 60.8 Å². The van der Waals surface area contributed by atoms with Crippen molar-refractivity contribution >= 4 is 17.6 Å². The van der Waals surface area contributed by atoms with Crippen molar-refractivity contribution in [3.05, 3.63) is 109 Å². The number of aliphatic hydroxyl groups excluding tert-OH is 1. The van der Waals surface area contributed by atoms with E-state index in [1.54, 1.807) is 47.1 Å². The molecule has 20 nitrogen and oxygen atoms in total. The average Bonchev–Trinajstić information content (AvgIpc) is 3.67. The number of carbonyl (C=O) groups excluding carboxylic acids is 1. The van der Waals surface area contributed by atoms with Crippen LogP contribution in [0, 0.1) is 0 Å². The number of imidazole rings is 2. The molecule has 0 spiro atoms. The summed E-state index contributed by atoms with van der Waals surface area (Å²) in [6.07, 6.45) is 23.9. The Kier molecular flexibility index (Phi) is 9.40. The molecule has 0 amide bonds. The van der Waals surface area contributed by atoms with Gasteiger partial charge in [0.15, 0.2) is 17.6 Å². The molecule has 0 saturated heterocycles. The molecule has 8 aromatic rings. The number of aliphatic hydroxyl groups is 1. The van der Waals surface area contributed by atoms with Gasteiger partial charge in [-0.3, -0.25) is 13.9 Å². The first-order valence-electron chi connectivity index (χ1n) is 16.5. The fourth-order valence-corrected chi connectivity index (χ4v) is 6.03. The number of hydrogen-bond donors (Lipinski definition) is 1. The van der Waals surface area contributed by atoms with E-state index in [4.69, 9.17) is 22.7 Å². The number of fused-ring (bicyclic) bond motifs is 2. The molecule has 0 radical (unpaired) electrons. The van der Waals surface area contributed by atoms with Gasteiger partial charge in [0.05, 0.1) is 54.9 Å². The summed E-state index contributed by atoms with van der Waals surface area (Å²) in [6, 6.07) is 4.33. The molecular formula is C32H30MnN16O4. The summed E-state index contributed by atoms with van der Waals surface area (Å²) in [5, 5.41) is 40.4. The summed E-state index contributed by atoms with van der Waals surface area (Å²) in [5.41, 5.74) is 8.77. The number of aldehydes is 1. The second kappa shape index (κ2) is 14.7. The molecule has 2 saturated carbocycles. The third-order valence-corrected chi connectivity index (χ3v) is 8.77. The van der Waals surface area contributed by atoms with Crippen LogP contribution in [0.2, 0.25) is 0 Å². The molecule has 21 heteroatoms. The van der Waals surface area contributed by atoms with Crippen LogP contribution in [0.5, 0.6) is 0 Å². The normalized spacial score (nSPS) is 13.8. The molecule has 0 aliphatic heterocycles. The number of nitrogens with zero attached hydrogens (tertiary/aromatic N) is 16. The van der Waals surface area contributed by atoms with Gasteiger partial charge >= 0.3 is 22.5 Å². The van der Waals surface area contributed by atoms with Crippen molar-refractivity contribution in [2.75, 3.05) is 0 Å². The molecule has 0 unspecified atom stereocenters. The van der Waals surface area contributed by atoms with Gasteiger partial charge in [-0.2, -0.15) is 0 Å². The van der Waals surface area contributed by atoms with E-state index in [1.165, 1.54) is 36.8 Å². The Hall–Kier alpha value is -6.31. The van der Waals surface area contributed by atoms with Crippen molar-refractivity contribution in [2.24, 2.45) is 0 Å². The fraction of sp³-hybridized carbons (Fsp3) is 0.281. The Bertz CT molecular complexity index is 2540. The zero-order valence-electron chi connectivity index (χ0n) is 27.8. The number of hydrogen-bond acceptors (Lipinski definition) is 14. The molecule has 10 rings (SSSR count). The van der Waals surface area contributed by atoms with E-state index >= 15 is 0 Å². The third kappa shape index (κ3) is 7.52. The quantitative estimate of drug-likeness (QED) is 0.155. The zero-order chi connectivity index (χ0) is 36.3. The Morgan fingerprint density at radius 2 is 1.13 bits per heavy atom. The van der Waals surface area contributed by atoms with Gasteiger partial charge in [-0.1, -0.05) is 10.4 Å². The molecule has 2 aliphatic rings. The second-order valence-corrected chi connectivity index (χ2v) is 12.8. The summed E-state index contributed by atoms with van der Waals surface area (Å²) in [4.78, 5) is 20.2.